The van der Waals surface area contributed by atoms with Crippen molar-refractivity contribution in [3.8, 4) is 11.4 Å². The van der Waals surface area contributed by atoms with Crippen molar-refractivity contribution in [2.24, 2.45) is 0 Å². The van der Waals surface area contributed by atoms with Crippen LogP contribution in [-0.2, 0) is 28.3 Å². The van der Waals surface area contributed by atoms with Crippen LogP contribution in [0.2, 0.25) is 0 Å². The van der Waals surface area contributed by atoms with Crippen LogP contribution in [-0.4, -0.2) is 30.6 Å². The Morgan fingerprint density at radius 2 is 2.08 bits per heavy atom. The molecule has 0 bridgehead atoms. The Labute approximate surface area is 147 Å². The zero-order valence-corrected chi connectivity index (χ0v) is 13.9. The van der Waals surface area contributed by atoms with Crippen LogP contribution in [0.3, 0.4) is 0 Å². The molecule has 2 aliphatic heterocycles. The third-order valence-electron chi connectivity index (χ3n) is 5.15. The fourth-order valence-corrected chi connectivity index (χ4v) is 3.71. The number of rotatable bonds is 1. The molecule has 0 saturated heterocycles. The third-order valence-corrected chi connectivity index (χ3v) is 5.15. The molecule has 2 aliphatic rings. The number of carbonyl (C=O) groups excluding carboxylic acids is 1. The fourth-order valence-electron chi connectivity index (χ4n) is 3.71. The summed E-state index contributed by atoms with van der Waals surface area (Å²) in [6.45, 7) is 1.90. The monoisotopic (exact) mass is 350 g/mol. The zero-order chi connectivity index (χ0) is 18.1. The van der Waals surface area contributed by atoms with Gasteiger partial charge in [-0.3, -0.25) is 9.78 Å². The van der Waals surface area contributed by atoms with Crippen LogP contribution in [0, 0.1) is 0 Å². The molecule has 0 spiro atoms. The van der Waals surface area contributed by atoms with Gasteiger partial charge in [-0.15, -0.1) is 0 Å². The smallest absolute Gasteiger partial charge is 0.343 e. The van der Waals surface area contributed by atoms with E-state index in [1.54, 1.807) is 30.0 Å². The predicted molar refractivity (Wildman–Crippen MR) is 90.1 cm³/mol. The van der Waals surface area contributed by atoms with Crippen LogP contribution < -0.4 is 5.56 Å². The first kappa shape index (κ1) is 15.2. The lowest BCUT2D eigenvalue weighted by molar-refractivity contribution is -0.172. The van der Waals surface area contributed by atoms with Crippen molar-refractivity contribution in [1.29, 1.82) is 0 Å². The molecular formula is C18H14N4O4. The molecule has 0 aliphatic carbocycles. The third kappa shape index (κ3) is 1.79. The molecule has 3 aromatic heterocycles. The molecule has 8 nitrogen and oxygen atoms in total. The highest BCUT2D eigenvalue weighted by Gasteiger charge is 2.45. The molecule has 8 heteroatoms. The molecule has 3 aromatic rings. The number of hydrogen-bond donors (Lipinski definition) is 1. The molecule has 130 valence electrons. The number of hydrogen-bond acceptors (Lipinski definition) is 7. The highest BCUT2D eigenvalue weighted by atomic mass is 16.6. The number of fused-ring (bicyclic) bond motifs is 5. The van der Waals surface area contributed by atoms with Gasteiger partial charge in [-0.2, -0.15) is 0 Å². The topological polar surface area (TPSA) is 107 Å². The van der Waals surface area contributed by atoms with E-state index in [1.807, 2.05) is 6.07 Å². The molecule has 0 aromatic carbocycles. The van der Waals surface area contributed by atoms with Crippen LogP contribution in [0.25, 0.3) is 22.6 Å². The maximum absolute atomic E-state index is 13.0. The molecule has 0 fully saturated rings. The van der Waals surface area contributed by atoms with Gasteiger partial charge >= 0.3 is 5.97 Å². The van der Waals surface area contributed by atoms with E-state index in [2.05, 4.69) is 15.0 Å². The standard InChI is InChI=1S/C18H14N4O4/c1-2-18(25)11-6-13-14-9(5-12-15(21-14)20-4-3-19-12)7-22(13)16(23)10(11)8-26-17(18)24/h3-6,25H,2,7-8H2,1H3. The van der Waals surface area contributed by atoms with Gasteiger partial charge < -0.3 is 14.4 Å². The summed E-state index contributed by atoms with van der Waals surface area (Å²) in [5.74, 6) is -0.729. The number of cyclic esters (lactones) is 1. The van der Waals surface area contributed by atoms with Crippen LogP contribution >= 0.6 is 0 Å². The summed E-state index contributed by atoms with van der Waals surface area (Å²) in [4.78, 5) is 38.1. The quantitative estimate of drug-likeness (QED) is 0.508. The number of esters is 1. The maximum Gasteiger partial charge on any atom is 0.343 e. The van der Waals surface area contributed by atoms with Crippen LogP contribution in [0.5, 0.6) is 0 Å². The molecule has 5 rings (SSSR count). The Kier molecular flexibility index (Phi) is 2.88. The first-order valence-corrected chi connectivity index (χ1v) is 8.30. The summed E-state index contributed by atoms with van der Waals surface area (Å²) in [6, 6.07) is 3.55. The van der Waals surface area contributed by atoms with Gasteiger partial charge in [0.1, 0.15) is 12.1 Å². The molecule has 26 heavy (non-hydrogen) atoms. The Morgan fingerprint density at radius 1 is 1.27 bits per heavy atom. The minimum absolute atomic E-state index is 0.116. The van der Waals surface area contributed by atoms with Gasteiger partial charge in [-0.25, -0.2) is 14.8 Å². The molecule has 1 atom stereocenters. The van der Waals surface area contributed by atoms with E-state index in [4.69, 9.17) is 4.74 Å². The summed E-state index contributed by atoms with van der Waals surface area (Å²) < 4.78 is 6.64. The Hall–Kier alpha value is -3.13. The van der Waals surface area contributed by atoms with Crippen molar-refractivity contribution < 1.29 is 14.6 Å². The summed E-state index contributed by atoms with van der Waals surface area (Å²) >= 11 is 0. The predicted octanol–water partition coefficient (Wildman–Crippen LogP) is 0.870. The highest BCUT2D eigenvalue weighted by molar-refractivity contribution is 5.84. The second-order valence-electron chi connectivity index (χ2n) is 6.50. The van der Waals surface area contributed by atoms with E-state index >= 15 is 0 Å². The van der Waals surface area contributed by atoms with E-state index in [-0.39, 0.29) is 18.6 Å². The van der Waals surface area contributed by atoms with Crippen molar-refractivity contribution in [1.82, 2.24) is 19.5 Å². The number of pyridine rings is 2. The van der Waals surface area contributed by atoms with Gasteiger partial charge in [0.05, 0.1) is 23.5 Å². The Balaban J connectivity index is 1.81. The van der Waals surface area contributed by atoms with E-state index in [0.717, 1.165) is 5.56 Å². The molecule has 5 heterocycles. The van der Waals surface area contributed by atoms with E-state index in [9.17, 15) is 14.7 Å². The van der Waals surface area contributed by atoms with Crippen LogP contribution in [0.4, 0.5) is 0 Å². The zero-order valence-electron chi connectivity index (χ0n) is 13.9. The maximum atomic E-state index is 13.0. The number of aliphatic hydroxyl groups is 1. The average molecular weight is 350 g/mol. The fraction of sp³-hybridized carbons (Fsp3) is 0.278. The van der Waals surface area contributed by atoms with E-state index < -0.39 is 11.6 Å². The number of aromatic nitrogens is 4. The number of ether oxygens (including phenoxy) is 1. The van der Waals surface area contributed by atoms with Crippen molar-refractivity contribution in [2.45, 2.75) is 32.1 Å². The number of nitrogens with zero attached hydrogens (tertiary/aromatic N) is 4. The lowest BCUT2D eigenvalue weighted by atomic mass is 9.86. The summed E-state index contributed by atoms with van der Waals surface area (Å²) in [6.07, 6.45) is 3.27. The lowest BCUT2D eigenvalue weighted by Gasteiger charge is -2.31. The molecule has 0 saturated carbocycles. The van der Waals surface area contributed by atoms with Gasteiger partial charge in [-0.05, 0) is 18.6 Å². The van der Waals surface area contributed by atoms with E-state index in [1.165, 1.54) is 0 Å². The summed E-state index contributed by atoms with van der Waals surface area (Å²) in [5.41, 5.74) is 1.70. The minimum atomic E-state index is -1.82. The van der Waals surface area contributed by atoms with Crippen molar-refractivity contribution in [3.05, 3.63) is 51.6 Å². The average Bonchev–Trinajstić information content (AvgIpc) is 3.01. The van der Waals surface area contributed by atoms with E-state index in [0.29, 0.717) is 40.2 Å². The first-order chi connectivity index (χ1) is 12.5. The summed E-state index contributed by atoms with van der Waals surface area (Å²) in [7, 11) is 0. The van der Waals surface area contributed by atoms with Gasteiger partial charge in [-0.1, -0.05) is 6.92 Å². The SMILES string of the molecule is CCC1(O)C(=O)OCc2c1cc1n(c2=O)Cc2cc3nccnc3nc2-1. The van der Waals surface area contributed by atoms with Gasteiger partial charge in [0.15, 0.2) is 11.2 Å². The van der Waals surface area contributed by atoms with Crippen molar-refractivity contribution >= 4 is 17.1 Å². The van der Waals surface area contributed by atoms with Crippen molar-refractivity contribution in [3.63, 3.8) is 0 Å². The normalized spacial score (nSPS) is 20.5. The second-order valence-corrected chi connectivity index (χ2v) is 6.50. The van der Waals surface area contributed by atoms with Gasteiger partial charge in [0.2, 0.25) is 0 Å². The van der Waals surface area contributed by atoms with Gasteiger partial charge in [0, 0.05) is 23.5 Å². The summed E-state index contributed by atoms with van der Waals surface area (Å²) in [5, 5.41) is 10.8. The van der Waals surface area contributed by atoms with Crippen LogP contribution in [0.15, 0.2) is 29.3 Å². The molecule has 1 unspecified atom stereocenters. The molecule has 1 N–H and O–H groups in total. The Morgan fingerprint density at radius 3 is 2.88 bits per heavy atom. The molecular weight excluding hydrogens is 336 g/mol. The minimum Gasteiger partial charge on any atom is -0.458 e. The van der Waals surface area contributed by atoms with Crippen molar-refractivity contribution in [2.75, 3.05) is 0 Å². The van der Waals surface area contributed by atoms with Gasteiger partial charge in [0.25, 0.3) is 5.56 Å². The Bertz CT molecular complexity index is 1170. The second kappa shape index (κ2) is 4.95. The first-order valence-electron chi connectivity index (χ1n) is 8.30. The molecule has 0 amide bonds. The van der Waals surface area contributed by atoms with Crippen LogP contribution in [0.1, 0.15) is 30.0 Å². The largest absolute Gasteiger partial charge is 0.458 e. The molecule has 0 radical (unpaired) electrons. The lowest BCUT2D eigenvalue weighted by Crippen LogP contribution is -2.44. The number of carbonyl (C=O) groups is 1. The highest BCUT2D eigenvalue weighted by Crippen LogP contribution is 2.38.